The molecule has 1 aromatic carbocycles. The molecule has 110 valence electrons. The van der Waals surface area contributed by atoms with Crippen molar-refractivity contribution in [2.24, 2.45) is 0 Å². The summed E-state index contributed by atoms with van der Waals surface area (Å²) in [6.45, 7) is 1.29. The molecular formula is C12H15Cl2N3O2S. The van der Waals surface area contributed by atoms with Gasteiger partial charge in [0.1, 0.15) is 6.07 Å². The number of nitrogens with zero attached hydrogens (tertiary/aromatic N) is 1. The number of nitriles is 1. The summed E-state index contributed by atoms with van der Waals surface area (Å²) < 4.78 is 26.7. The number of hydrogen-bond donors (Lipinski definition) is 2. The maximum atomic E-state index is 12.1. The lowest BCUT2D eigenvalue weighted by Gasteiger charge is -2.12. The molecular weight excluding hydrogens is 321 g/mol. The number of benzene rings is 1. The standard InChI is InChI=1S/C12H14ClN3O2S.ClH/c13-12-6-11(4-3-9(12)7-14)19(17,18)16-8-10-2-1-5-15-10;/h3-4,6,10,15-16H,1-2,5,8H2;1H. The number of nitrogens with one attached hydrogen (secondary N) is 2. The van der Waals surface area contributed by atoms with E-state index in [4.69, 9.17) is 16.9 Å². The van der Waals surface area contributed by atoms with Crippen molar-refractivity contribution in [3.8, 4) is 6.07 Å². The average Bonchev–Trinajstić information content (AvgIpc) is 2.89. The van der Waals surface area contributed by atoms with Crippen LogP contribution in [0.4, 0.5) is 0 Å². The average molecular weight is 336 g/mol. The first kappa shape index (κ1) is 17.2. The van der Waals surface area contributed by atoms with Crippen LogP contribution in [0.1, 0.15) is 18.4 Å². The van der Waals surface area contributed by atoms with Crippen molar-refractivity contribution < 1.29 is 8.42 Å². The molecule has 5 nitrogen and oxygen atoms in total. The summed E-state index contributed by atoms with van der Waals surface area (Å²) in [6.07, 6.45) is 2.03. The highest BCUT2D eigenvalue weighted by Crippen LogP contribution is 2.20. The van der Waals surface area contributed by atoms with Crippen LogP contribution in [0.3, 0.4) is 0 Å². The zero-order chi connectivity index (χ0) is 13.9. The summed E-state index contributed by atoms with van der Waals surface area (Å²) in [5.41, 5.74) is 0.262. The molecule has 0 amide bonds. The highest BCUT2D eigenvalue weighted by Gasteiger charge is 2.19. The first-order valence-corrected chi connectivity index (χ1v) is 7.82. The van der Waals surface area contributed by atoms with Gasteiger partial charge in [-0.25, -0.2) is 13.1 Å². The van der Waals surface area contributed by atoms with Crippen LogP contribution < -0.4 is 10.0 Å². The van der Waals surface area contributed by atoms with Crippen molar-refractivity contribution in [3.63, 3.8) is 0 Å². The first-order chi connectivity index (χ1) is 9.03. The lowest BCUT2D eigenvalue weighted by atomic mass is 10.2. The molecule has 1 aliphatic rings. The van der Waals surface area contributed by atoms with Gasteiger partial charge in [-0.2, -0.15) is 5.26 Å². The maximum Gasteiger partial charge on any atom is 0.240 e. The Morgan fingerprint density at radius 2 is 2.25 bits per heavy atom. The van der Waals surface area contributed by atoms with Gasteiger partial charge in [0.05, 0.1) is 15.5 Å². The lowest BCUT2D eigenvalue weighted by Crippen LogP contribution is -2.37. The molecule has 1 heterocycles. The summed E-state index contributed by atoms with van der Waals surface area (Å²) in [6, 6.07) is 6.16. The quantitative estimate of drug-likeness (QED) is 0.876. The van der Waals surface area contributed by atoms with Crippen molar-refractivity contribution in [1.29, 1.82) is 5.26 Å². The van der Waals surface area contributed by atoms with E-state index in [0.29, 0.717) is 6.54 Å². The van der Waals surface area contributed by atoms with Gasteiger partial charge in [-0.1, -0.05) is 11.6 Å². The maximum absolute atomic E-state index is 12.1. The van der Waals surface area contributed by atoms with E-state index in [1.54, 1.807) is 0 Å². The molecule has 20 heavy (non-hydrogen) atoms. The summed E-state index contributed by atoms with van der Waals surface area (Å²) in [5.74, 6) is 0. The largest absolute Gasteiger partial charge is 0.313 e. The fourth-order valence-electron chi connectivity index (χ4n) is 1.98. The van der Waals surface area contributed by atoms with E-state index in [1.807, 2.05) is 6.07 Å². The van der Waals surface area contributed by atoms with Crippen molar-refractivity contribution in [1.82, 2.24) is 10.0 Å². The van der Waals surface area contributed by atoms with Crippen molar-refractivity contribution >= 4 is 34.0 Å². The molecule has 1 fully saturated rings. The normalized spacial score (nSPS) is 18.3. The molecule has 8 heteroatoms. The summed E-state index contributed by atoms with van der Waals surface area (Å²) >= 11 is 5.84. The van der Waals surface area contributed by atoms with Crippen molar-refractivity contribution in [3.05, 3.63) is 28.8 Å². The van der Waals surface area contributed by atoms with Gasteiger partial charge in [0, 0.05) is 12.6 Å². The van der Waals surface area contributed by atoms with Gasteiger partial charge in [-0.3, -0.25) is 0 Å². The third-order valence-electron chi connectivity index (χ3n) is 3.05. The minimum absolute atomic E-state index is 0. The zero-order valence-corrected chi connectivity index (χ0v) is 13.0. The Bertz CT molecular complexity index is 608. The van der Waals surface area contributed by atoms with Crippen LogP contribution in [0.15, 0.2) is 23.1 Å². The second kappa shape index (κ2) is 7.25. The molecule has 0 radical (unpaired) electrons. The van der Waals surface area contributed by atoms with Crippen LogP contribution in [0.25, 0.3) is 0 Å². The first-order valence-electron chi connectivity index (χ1n) is 5.95. The molecule has 0 saturated carbocycles. The van der Waals surface area contributed by atoms with E-state index < -0.39 is 10.0 Å². The molecule has 1 aromatic rings. The highest BCUT2D eigenvalue weighted by atomic mass is 35.5. The van der Waals surface area contributed by atoms with E-state index >= 15 is 0 Å². The van der Waals surface area contributed by atoms with Gasteiger partial charge in [-0.15, -0.1) is 12.4 Å². The number of halogens is 2. The number of rotatable bonds is 4. The second-order valence-corrected chi connectivity index (χ2v) is 6.57. The van der Waals surface area contributed by atoms with Crippen LogP contribution in [0.5, 0.6) is 0 Å². The molecule has 0 bridgehead atoms. The Labute approximate surface area is 129 Å². The molecule has 0 aliphatic carbocycles. The van der Waals surface area contributed by atoms with Crippen LogP contribution in [0.2, 0.25) is 5.02 Å². The Hall–Kier alpha value is -0.840. The van der Waals surface area contributed by atoms with Crippen molar-refractivity contribution in [2.75, 3.05) is 13.1 Å². The van der Waals surface area contributed by atoms with E-state index in [9.17, 15) is 8.42 Å². The fourth-order valence-corrected chi connectivity index (χ4v) is 3.37. The molecule has 1 aliphatic heterocycles. The summed E-state index contributed by atoms with van der Waals surface area (Å²) in [4.78, 5) is 0.0782. The van der Waals surface area contributed by atoms with E-state index in [0.717, 1.165) is 19.4 Å². The third kappa shape index (κ3) is 4.08. The molecule has 1 saturated heterocycles. The fraction of sp³-hybridized carbons (Fsp3) is 0.417. The zero-order valence-electron chi connectivity index (χ0n) is 10.6. The minimum atomic E-state index is -3.58. The molecule has 1 atom stereocenters. The van der Waals surface area contributed by atoms with Gasteiger partial charge < -0.3 is 5.32 Å². The van der Waals surface area contributed by atoms with Crippen molar-refractivity contribution in [2.45, 2.75) is 23.8 Å². The Morgan fingerprint density at radius 1 is 1.50 bits per heavy atom. The van der Waals surface area contributed by atoms with Crippen LogP contribution in [0, 0.1) is 11.3 Å². The smallest absolute Gasteiger partial charge is 0.240 e. The second-order valence-electron chi connectivity index (χ2n) is 4.40. The van der Waals surface area contributed by atoms with Gasteiger partial charge in [0.2, 0.25) is 10.0 Å². The van der Waals surface area contributed by atoms with Crippen LogP contribution in [-0.4, -0.2) is 27.5 Å². The molecule has 0 spiro atoms. The topological polar surface area (TPSA) is 82.0 Å². The third-order valence-corrected chi connectivity index (χ3v) is 4.79. The van der Waals surface area contributed by atoms with E-state index in [1.165, 1.54) is 18.2 Å². The number of hydrogen-bond acceptors (Lipinski definition) is 4. The highest BCUT2D eigenvalue weighted by molar-refractivity contribution is 7.89. The van der Waals surface area contributed by atoms with Gasteiger partial charge in [-0.05, 0) is 37.6 Å². The molecule has 0 aromatic heterocycles. The molecule has 2 N–H and O–H groups in total. The molecule has 2 rings (SSSR count). The SMILES string of the molecule is Cl.N#Cc1ccc(S(=O)(=O)NCC2CCCN2)cc1Cl. The summed E-state index contributed by atoms with van der Waals surface area (Å²) in [5, 5.41) is 12.1. The Morgan fingerprint density at radius 3 is 2.80 bits per heavy atom. The van der Waals surface area contributed by atoms with Crippen LogP contribution >= 0.6 is 24.0 Å². The molecule has 1 unspecified atom stereocenters. The predicted molar refractivity (Wildman–Crippen MR) is 79.6 cm³/mol. The lowest BCUT2D eigenvalue weighted by molar-refractivity contribution is 0.552. The Balaban J connectivity index is 0.00000200. The van der Waals surface area contributed by atoms with Crippen LogP contribution in [-0.2, 0) is 10.0 Å². The van der Waals surface area contributed by atoms with E-state index in [-0.39, 0.29) is 33.9 Å². The van der Waals surface area contributed by atoms with E-state index in [2.05, 4.69) is 10.0 Å². The van der Waals surface area contributed by atoms with Gasteiger partial charge in [0.25, 0.3) is 0 Å². The Kier molecular flexibility index (Phi) is 6.24. The van der Waals surface area contributed by atoms with Gasteiger partial charge in [0.15, 0.2) is 0 Å². The monoisotopic (exact) mass is 335 g/mol. The summed E-state index contributed by atoms with van der Waals surface area (Å²) in [7, 11) is -3.58. The number of sulfonamides is 1. The predicted octanol–water partition coefficient (Wildman–Crippen LogP) is 1.66. The van der Waals surface area contributed by atoms with Gasteiger partial charge >= 0.3 is 0 Å². The minimum Gasteiger partial charge on any atom is -0.313 e.